The van der Waals surface area contributed by atoms with Gasteiger partial charge in [0.05, 0.1) is 0 Å². The lowest BCUT2D eigenvalue weighted by molar-refractivity contribution is -0.124. The fourth-order valence-corrected chi connectivity index (χ4v) is 2.56. The maximum Gasteiger partial charge on any atom is 0.404 e. The molecule has 0 saturated carbocycles. The number of nitrogens with one attached hydrogen (secondary N) is 2. The molecule has 0 spiro atoms. The van der Waals surface area contributed by atoms with Crippen LogP contribution in [-0.4, -0.2) is 41.4 Å². The van der Waals surface area contributed by atoms with E-state index in [1.165, 1.54) is 6.08 Å². The van der Waals surface area contributed by atoms with Gasteiger partial charge in [-0.2, -0.15) is 0 Å². The highest BCUT2D eigenvalue weighted by Gasteiger charge is 2.21. The lowest BCUT2D eigenvalue weighted by atomic mass is 10.0. The predicted molar refractivity (Wildman–Crippen MR) is 81.8 cm³/mol. The van der Waals surface area contributed by atoms with Crippen LogP contribution < -0.4 is 15.7 Å². The number of rotatable bonds is 4. The number of hydrogen-bond acceptors (Lipinski definition) is 4. The average Bonchev–Trinajstić information content (AvgIpc) is 2.53. The normalized spacial score (nSPS) is 15.8. The topological polar surface area (TPSA) is 102 Å². The Morgan fingerprint density at radius 1 is 1.23 bits per heavy atom. The summed E-state index contributed by atoms with van der Waals surface area (Å²) >= 11 is 0. The van der Waals surface area contributed by atoms with Crippen LogP contribution in [0.4, 0.5) is 10.5 Å². The number of anilines is 1. The number of para-hydroxylation sites is 1. The van der Waals surface area contributed by atoms with E-state index in [0.717, 1.165) is 37.2 Å². The highest BCUT2D eigenvalue weighted by molar-refractivity contribution is 5.91. The number of carbonyl (C=O) groups excluding carboxylic acids is 1. The summed E-state index contributed by atoms with van der Waals surface area (Å²) in [6, 6.07) is 7.62. The van der Waals surface area contributed by atoms with Gasteiger partial charge in [0, 0.05) is 30.9 Å². The zero-order chi connectivity index (χ0) is 15.9. The molecule has 1 fully saturated rings. The molecule has 0 atom stereocenters. The van der Waals surface area contributed by atoms with Crippen molar-refractivity contribution < 1.29 is 19.9 Å². The summed E-state index contributed by atoms with van der Waals surface area (Å²) in [7, 11) is 0. The molecule has 1 heterocycles. The molecule has 0 aromatic heterocycles. The molecule has 1 aromatic carbocycles. The lowest BCUT2D eigenvalue weighted by Gasteiger charge is -2.34. The smallest absolute Gasteiger partial charge is 0.404 e. The van der Waals surface area contributed by atoms with Crippen LogP contribution >= 0.6 is 0 Å². The number of nitrogens with zero attached hydrogens (tertiary/aromatic N) is 1. The van der Waals surface area contributed by atoms with E-state index in [1.807, 2.05) is 24.3 Å². The highest BCUT2D eigenvalue weighted by atomic mass is 16.5. The number of carbonyl (C=O) groups is 2. The molecule has 118 valence electrons. The third-order valence-electron chi connectivity index (χ3n) is 3.62. The molecule has 1 aromatic rings. The van der Waals surface area contributed by atoms with E-state index in [2.05, 4.69) is 10.2 Å². The molecule has 0 radical (unpaired) electrons. The van der Waals surface area contributed by atoms with Crippen LogP contribution in [-0.2, 0) is 4.79 Å². The number of hydroxylamine groups is 1. The monoisotopic (exact) mass is 305 g/mol. The minimum absolute atomic E-state index is 0.0170. The van der Waals surface area contributed by atoms with Crippen LogP contribution in [0, 0.1) is 0 Å². The Kier molecular flexibility index (Phi) is 5.37. The molecule has 0 aliphatic carbocycles. The number of carboxylic acid groups (broad SMARTS) is 1. The van der Waals surface area contributed by atoms with Gasteiger partial charge in [-0.25, -0.2) is 10.3 Å². The highest BCUT2D eigenvalue weighted by Crippen LogP contribution is 2.25. The molecular formula is C15H19N3O4. The van der Waals surface area contributed by atoms with Gasteiger partial charge in [0.1, 0.15) is 0 Å². The quantitative estimate of drug-likeness (QED) is 0.383. The van der Waals surface area contributed by atoms with Crippen molar-refractivity contribution in [1.29, 1.82) is 0 Å². The van der Waals surface area contributed by atoms with Crippen LogP contribution in [0.15, 0.2) is 30.3 Å². The third-order valence-corrected chi connectivity index (χ3v) is 3.62. The number of amides is 2. The summed E-state index contributed by atoms with van der Waals surface area (Å²) in [5.74, 6) is -0.584. The predicted octanol–water partition coefficient (Wildman–Crippen LogP) is 1.44. The molecule has 2 amide bonds. The molecule has 1 aliphatic heterocycles. The largest absolute Gasteiger partial charge is 0.465 e. The summed E-state index contributed by atoms with van der Waals surface area (Å²) in [6.45, 7) is 1.48. The lowest BCUT2D eigenvalue weighted by Crippen LogP contribution is -2.44. The summed E-state index contributed by atoms with van der Waals surface area (Å²) in [6.07, 6.45) is 3.39. The van der Waals surface area contributed by atoms with Crippen LogP contribution in [0.1, 0.15) is 18.4 Å². The standard InChI is InChI=1S/C15H19N3O4/c19-14(17-22)6-5-11-3-1-2-4-13(11)18-9-7-12(8-10-18)16-15(20)21/h1-6,12,16,22H,7-10H2,(H,17,19)(H,20,21)/b6-5+. The van der Waals surface area contributed by atoms with Crippen molar-refractivity contribution in [2.24, 2.45) is 0 Å². The Morgan fingerprint density at radius 2 is 1.91 bits per heavy atom. The van der Waals surface area contributed by atoms with Crippen LogP contribution in [0.2, 0.25) is 0 Å². The third kappa shape index (κ3) is 4.23. The van der Waals surface area contributed by atoms with Gasteiger partial charge in [0.15, 0.2) is 0 Å². The van der Waals surface area contributed by atoms with Gasteiger partial charge in [-0.3, -0.25) is 10.0 Å². The van der Waals surface area contributed by atoms with Crippen molar-refractivity contribution >= 4 is 23.8 Å². The fourth-order valence-electron chi connectivity index (χ4n) is 2.56. The molecular weight excluding hydrogens is 286 g/mol. The van der Waals surface area contributed by atoms with Crippen molar-refractivity contribution in [3.05, 3.63) is 35.9 Å². The number of hydrogen-bond donors (Lipinski definition) is 4. The van der Waals surface area contributed by atoms with Crippen molar-refractivity contribution in [3.63, 3.8) is 0 Å². The minimum Gasteiger partial charge on any atom is -0.465 e. The van der Waals surface area contributed by atoms with E-state index in [9.17, 15) is 9.59 Å². The van der Waals surface area contributed by atoms with Crippen molar-refractivity contribution in [1.82, 2.24) is 10.8 Å². The van der Waals surface area contributed by atoms with Crippen LogP contribution in [0.5, 0.6) is 0 Å². The van der Waals surface area contributed by atoms with Crippen LogP contribution in [0.25, 0.3) is 6.08 Å². The van der Waals surface area contributed by atoms with E-state index in [4.69, 9.17) is 10.3 Å². The van der Waals surface area contributed by atoms with E-state index < -0.39 is 12.0 Å². The Bertz CT molecular complexity index is 566. The van der Waals surface area contributed by atoms with E-state index >= 15 is 0 Å². The molecule has 4 N–H and O–H groups in total. The summed E-state index contributed by atoms with van der Waals surface area (Å²) in [5.41, 5.74) is 3.41. The van der Waals surface area contributed by atoms with E-state index in [0.29, 0.717) is 0 Å². The van der Waals surface area contributed by atoms with Crippen LogP contribution in [0.3, 0.4) is 0 Å². The fraction of sp³-hybridized carbons (Fsp3) is 0.333. The van der Waals surface area contributed by atoms with E-state index in [-0.39, 0.29) is 6.04 Å². The number of piperidine rings is 1. The van der Waals surface area contributed by atoms with Crippen molar-refractivity contribution in [2.75, 3.05) is 18.0 Å². The first-order valence-corrected chi connectivity index (χ1v) is 7.05. The van der Waals surface area contributed by atoms with Crippen molar-refractivity contribution in [2.45, 2.75) is 18.9 Å². The maximum absolute atomic E-state index is 11.1. The molecule has 7 nitrogen and oxygen atoms in total. The maximum atomic E-state index is 11.1. The summed E-state index contributed by atoms with van der Waals surface area (Å²) < 4.78 is 0. The second-order valence-electron chi connectivity index (χ2n) is 5.08. The van der Waals surface area contributed by atoms with Gasteiger partial charge < -0.3 is 15.3 Å². The molecule has 0 unspecified atom stereocenters. The SMILES string of the molecule is O=C(O)NC1CCN(c2ccccc2/C=C/C(=O)NO)CC1. The second-order valence-corrected chi connectivity index (χ2v) is 5.08. The van der Waals surface area contributed by atoms with Gasteiger partial charge in [0.25, 0.3) is 5.91 Å². The Morgan fingerprint density at radius 3 is 2.55 bits per heavy atom. The van der Waals surface area contributed by atoms with Gasteiger partial charge in [-0.1, -0.05) is 18.2 Å². The minimum atomic E-state index is -0.989. The molecule has 1 aliphatic rings. The van der Waals surface area contributed by atoms with Gasteiger partial charge in [-0.05, 0) is 30.5 Å². The second kappa shape index (κ2) is 7.46. The van der Waals surface area contributed by atoms with Gasteiger partial charge >= 0.3 is 6.09 Å². The first kappa shape index (κ1) is 15.8. The Labute approximate surface area is 128 Å². The Hall–Kier alpha value is -2.54. The van der Waals surface area contributed by atoms with Crippen molar-refractivity contribution in [3.8, 4) is 0 Å². The Balaban J connectivity index is 2.05. The first-order chi connectivity index (χ1) is 10.6. The molecule has 22 heavy (non-hydrogen) atoms. The molecule has 7 heteroatoms. The zero-order valence-electron chi connectivity index (χ0n) is 12.0. The molecule has 0 bridgehead atoms. The zero-order valence-corrected chi connectivity index (χ0v) is 12.0. The summed E-state index contributed by atoms with van der Waals surface area (Å²) in [5, 5.41) is 19.8. The molecule has 2 rings (SSSR count). The summed E-state index contributed by atoms with van der Waals surface area (Å²) in [4.78, 5) is 23.9. The van der Waals surface area contributed by atoms with Gasteiger partial charge in [-0.15, -0.1) is 0 Å². The average molecular weight is 305 g/mol. The van der Waals surface area contributed by atoms with E-state index in [1.54, 1.807) is 11.6 Å². The first-order valence-electron chi connectivity index (χ1n) is 7.05. The molecule has 1 saturated heterocycles. The van der Waals surface area contributed by atoms with Gasteiger partial charge in [0.2, 0.25) is 0 Å². The number of benzene rings is 1.